The first kappa shape index (κ1) is 14.2. The van der Waals surface area contributed by atoms with Gasteiger partial charge >= 0.3 is 0 Å². The molecule has 0 unspecified atom stereocenters. The topological polar surface area (TPSA) is 34.0 Å². The van der Waals surface area contributed by atoms with Gasteiger partial charge in [0.05, 0.1) is 6.54 Å². The minimum absolute atomic E-state index is 0.120. The van der Waals surface area contributed by atoms with Gasteiger partial charge in [0.2, 0.25) is 0 Å². The first-order chi connectivity index (χ1) is 10.1. The van der Waals surface area contributed by atoms with Crippen molar-refractivity contribution in [2.75, 3.05) is 11.9 Å². The van der Waals surface area contributed by atoms with Crippen LogP contribution in [0.25, 0.3) is 0 Å². The zero-order valence-electron chi connectivity index (χ0n) is 12.3. The number of aryl methyl sites for hydroxylation is 1. The lowest BCUT2D eigenvalue weighted by Crippen LogP contribution is -2.15. The molecule has 2 aromatic rings. The minimum atomic E-state index is 0.120. The molecule has 1 aliphatic carbocycles. The molecule has 1 aromatic heterocycles. The Morgan fingerprint density at radius 3 is 2.76 bits per heavy atom. The van der Waals surface area contributed by atoms with E-state index in [9.17, 15) is 4.79 Å². The molecule has 0 spiro atoms. The second-order valence-corrected chi connectivity index (χ2v) is 6.11. The molecule has 3 rings (SSSR count). The van der Waals surface area contributed by atoms with E-state index in [1.807, 2.05) is 37.3 Å². The van der Waals surface area contributed by atoms with Gasteiger partial charge in [-0.2, -0.15) is 0 Å². The zero-order valence-corrected chi connectivity index (χ0v) is 13.1. The Hall–Kier alpha value is -1.74. The van der Waals surface area contributed by atoms with E-state index in [4.69, 9.17) is 11.6 Å². The van der Waals surface area contributed by atoms with Gasteiger partial charge < -0.3 is 9.88 Å². The van der Waals surface area contributed by atoms with E-state index >= 15 is 0 Å². The Labute approximate surface area is 129 Å². The van der Waals surface area contributed by atoms with E-state index in [1.54, 1.807) is 0 Å². The van der Waals surface area contributed by atoms with E-state index in [-0.39, 0.29) is 12.3 Å². The monoisotopic (exact) mass is 302 g/mol. The Morgan fingerprint density at radius 1 is 1.33 bits per heavy atom. The molecule has 21 heavy (non-hydrogen) atoms. The maximum atomic E-state index is 12.4. The molecule has 0 radical (unpaired) electrons. The average Bonchev–Trinajstić information content (AvgIpc) is 3.22. The van der Waals surface area contributed by atoms with Crippen molar-refractivity contribution in [3.63, 3.8) is 0 Å². The number of carbonyl (C=O) groups is 1. The summed E-state index contributed by atoms with van der Waals surface area (Å²) < 4.78 is 2.30. The van der Waals surface area contributed by atoms with Crippen LogP contribution in [0.5, 0.6) is 0 Å². The predicted octanol–water partition coefficient (Wildman–Crippen LogP) is 4.39. The molecule has 1 heterocycles. The SMILES string of the molecule is Cc1cc(C(=O)CNc2cccc(Cl)c2)c(C)n1C1CC1. The number of nitrogens with zero attached hydrogens (tertiary/aromatic N) is 1. The lowest BCUT2D eigenvalue weighted by Gasteiger charge is -2.08. The molecule has 1 N–H and O–H groups in total. The van der Waals surface area contributed by atoms with Crippen molar-refractivity contribution >= 4 is 23.1 Å². The number of hydrogen-bond acceptors (Lipinski definition) is 2. The van der Waals surface area contributed by atoms with Crippen LogP contribution in [0.4, 0.5) is 5.69 Å². The number of Topliss-reactive ketones (excluding diaryl/α,β-unsaturated/α-hetero) is 1. The molecule has 0 amide bonds. The standard InChI is InChI=1S/C17H19ClN2O/c1-11-8-16(12(2)20(11)15-6-7-15)17(21)10-19-14-5-3-4-13(18)9-14/h3-5,8-9,15,19H,6-7,10H2,1-2H3. The van der Waals surface area contributed by atoms with Crippen molar-refractivity contribution in [1.29, 1.82) is 0 Å². The number of rotatable bonds is 5. The molecule has 1 aromatic carbocycles. The quantitative estimate of drug-likeness (QED) is 0.831. The number of ketones is 1. The summed E-state index contributed by atoms with van der Waals surface area (Å²) in [7, 11) is 0. The third-order valence-corrected chi connectivity index (χ3v) is 4.21. The highest BCUT2D eigenvalue weighted by Crippen LogP contribution is 2.38. The summed E-state index contributed by atoms with van der Waals surface area (Å²) in [5, 5.41) is 3.81. The fourth-order valence-electron chi connectivity index (χ4n) is 2.83. The van der Waals surface area contributed by atoms with Crippen molar-refractivity contribution in [3.8, 4) is 0 Å². The molecular weight excluding hydrogens is 284 g/mol. The van der Waals surface area contributed by atoms with E-state index in [0.29, 0.717) is 11.1 Å². The van der Waals surface area contributed by atoms with Crippen LogP contribution in [0.1, 0.15) is 40.6 Å². The first-order valence-corrected chi connectivity index (χ1v) is 7.65. The smallest absolute Gasteiger partial charge is 0.183 e. The van der Waals surface area contributed by atoms with Crippen LogP contribution in [-0.4, -0.2) is 16.9 Å². The maximum absolute atomic E-state index is 12.4. The van der Waals surface area contributed by atoms with Crippen LogP contribution in [0.15, 0.2) is 30.3 Å². The molecular formula is C17H19ClN2O. The van der Waals surface area contributed by atoms with E-state index in [0.717, 1.165) is 16.9 Å². The van der Waals surface area contributed by atoms with Gasteiger partial charge in [0.15, 0.2) is 5.78 Å². The van der Waals surface area contributed by atoms with Crippen LogP contribution >= 0.6 is 11.6 Å². The molecule has 110 valence electrons. The molecule has 1 saturated carbocycles. The molecule has 0 aliphatic heterocycles. The lowest BCUT2D eigenvalue weighted by atomic mass is 10.1. The third kappa shape index (κ3) is 2.98. The van der Waals surface area contributed by atoms with E-state index in [2.05, 4.69) is 16.8 Å². The second kappa shape index (κ2) is 5.57. The molecule has 3 nitrogen and oxygen atoms in total. The van der Waals surface area contributed by atoms with Gasteiger partial charge in [0.1, 0.15) is 0 Å². The molecule has 1 aliphatic rings. The van der Waals surface area contributed by atoms with Crippen molar-refractivity contribution in [1.82, 2.24) is 4.57 Å². The summed E-state index contributed by atoms with van der Waals surface area (Å²) in [4.78, 5) is 12.4. The van der Waals surface area contributed by atoms with Crippen LogP contribution in [0.3, 0.4) is 0 Å². The van der Waals surface area contributed by atoms with Crippen molar-refractivity contribution in [2.45, 2.75) is 32.7 Å². The summed E-state index contributed by atoms with van der Waals surface area (Å²) in [6.45, 7) is 4.40. The van der Waals surface area contributed by atoms with Gasteiger partial charge in [-0.1, -0.05) is 17.7 Å². The third-order valence-electron chi connectivity index (χ3n) is 3.97. The van der Waals surface area contributed by atoms with Crippen LogP contribution in [0.2, 0.25) is 5.02 Å². The second-order valence-electron chi connectivity index (χ2n) is 5.67. The van der Waals surface area contributed by atoms with Crippen molar-refractivity contribution in [3.05, 3.63) is 52.3 Å². The van der Waals surface area contributed by atoms with Gasteiger partial charge in [-0.05, 0) is 51.0 Å². The van der Waals surface area contributed by atoms with E-state index in [1.165, 1.54) is 18.5 Å². The highest BCUT2D eigenvalue weighted by atomic mass is 35.5. The molecule has 0 atom stereocenters. The number of hydrogen-bond donors (Lipinski definition) is 1. The Kier molecular flexibility index (Phi) is 3.77. The number of benzene rings is 1. The van der Waals surface area contributed by atoms with Gasteiger partial charge in [0, 0.05) is 33.7 Å². The Morgan fingerprint density at radius 2 is 2.10 bits per heavy atom. The fraction of sp³-hybridized carbons (Fsp3) is 0.353. The fourth-order valence-corrected chi connectivity index (χ4v) is 3.02. The van der Waals surface area contributed by atoms with Gasteiger partial charge in [-0.15, -0.1) is 0 Å². The van der Waals surface area contributed by atoms with E-state index < -0.39 is 0 Å². The van der Waals surface area contributed by atoms with Crippen LogP contribution in [-0.2, 0) is 0 Å². The average molecular weight is 303 g/mol. The van der Waals surface area contributed by atoms with Gasteiger partial charge in [-0.3, -0.25) is 4.79 Å². The zero-order chi connectivity index (χ0) is 15.0. The van der Waals surface area contributed by atoms with Crippen molar-refractivity contribution in [2.24, 2.45) is 0 Å². The Bertz CT molecular complexity index is 686. The highest BCUT2D eigenvalue weighted by molar-refractivity contribution is 6.30. The van der Waals surface area contributed by atoms with Crippen LogP contribution < -0.4 is 5.32 Å². The first-order valence-electron chi connectivity index (χ1n) is 7.27. The molecule has 1 fully saturated rings. The normalized spacial score (nSPS) is 14.2. The summed E-state index contributed by atoms with van der Waals surface area (Å²) in [6.07, 6.45) is 2.45. The maximum Gasteiger partial charge on any atom is 0.183 e. The summed E-state index contributed by atoms with van der Waals surface area (Å²) in [5.74, 6) is 0.120. The number of anilines is 1. The lowest BCUT2D eigenvalue weighted by molar-refractivity contribution is 0.101. The highest BCUT2D eigenvalue weighted by Gasteiger charge is 2.28. The predicted molar refractivity (Wildman–Crippen MR) is 86.4 cm³/mol. The van der Waals surface area contributed by atoms with Gasteiger partial charge in [0.25, 0.3) is 0 Å². The summed E-state index contributed by atoms with van der Waals surface area (Å²) in [5.41, 5.74) is 3.97. The number of nitrogens with one attached hydrogen (secondary N) is 1. The number of halogens is 1. The number of carbonyl (C=O) groups excluding carboxylic acids is 1. The molecule has 0 saturated heterocycles. The van der Waals surface area contributed by atoms with Gasteiger partial charge in [-0.25, -0.2) is 0 Å². The van der Waals surface area contributed by atoms with Crippen LogP contribution in [0, 0.1) is 13.8 Å². The van der Waals surface area contributed by atoms with Crippen molar-refractivity contribution < 1.29 is 4.79 Å². The summed E-state index contributed by atoms with van der Waals surface area (Å²) >= 11 is 5.94. The molecule has 0 bridgehead atoms. The largest absolute Gasteiger partial charge is 0.378 e. The summed E-state index contributed by atoms with van der Waals surface area (Å²) in [6, 6.07) is 10.0. The molecule has 4 heteroatoms. The Balaban J connectivity index is 1.72. The number of aromatic nitrogens is 1. The minimum Gasteiger partial charge on any atom is -0.378 e.